The highest BCUT2D eigenvalue weighted by molar-refractivity contribution is 5.98. The number of hydrogen-bond donors (Lipinski definition) is 1. The van der Waals surface area contributed by atoms with E-state index in [1.165, 1.54) is 11.0 Å². The topological polar surface area (TPSA) is 96.4 Å². The van der Waals surface area contributed by atoms with Gasteiger partial charge < -0.3 is 24.4 Å². The van der Waals surface area contributed by atoms with Crippen LogP contribution in [0.1, 0.15) is 33.6 Å². The van der Waals surface area contributed by atoms with E-state index in [4.69, 9.17) is 9.47 Å². The minimum atomic E-state index is -1.09. The standard InChI is InChI=1S/C22H32N2O6/c1-6-10-23(13(3)4)20(27)18-22-9-8-15(30-22)16(21(28)29-11-7-2)17(22)19(26)24(18)14(5)12-25/h6-7,13-18,25H,1-2,8-12H2,3-5H3/t14-,15+,16-,17+,18?,22?/m1/s1. The largest absolute Gasteiger partial charge is 0.461 e. The van der Waals surface area contributed by atoms with Gasteiger partial charge in [-0.3, -0.25) is 14.4 Å². The first-order chi connectivity index (χ1) is 14.2. The fourth-order valence-corrected chi connectivity index (χ4v) is 5.29. The normalized spacial score (nSPS) is 32.8. The summed E-state index contributed by atoms with van der Waals surface area (Å²) in [7, 11) is 0. The van der Waals surface area contributed by atoms with E-state index in [2.05, 4.69) is 13.2 Å². The van der Waals surface area contributed by atoms with Gasteiger partial charge in [-0.25, -0.2) is 0 Å². The van der Waals surface area contributed by atoms with Crippen molar-refractivity contribution in [2.24, 2.45) is 11.8 Å². The van der Waals surface area contributed by atoms with Crippen molar-refractivity contribution < 1.29 is 29.0 Å². The first-order valence-corrected chi connectivity index (χ1v) is 10.5. The van der Waals surface area contributed by atoms with Crippen molar-refractivity contribution in [3.63, 3.8) is 0 Å². The number of esters is 1. The van der Waals surface area contributed by atoms with Gasteiger partial charge in [0.05, 0.1) is 30.6 Å². The van der Waals surface area contributed by atoms with Crippen LogP contribution in [0.25, 0.3) is 0 Å². The van der Waals surface area contributed by atoms with Crippen molar-refractivity contribution >= 4 is 17.8 Å². The summed E-state index contributed by atoms with van der Waals surface area (Å²) in [6.45, 7) is 12.9. The van der Waals surface area contributed by atoms with Crippen molar-refractivity contribution in [3.05, 3.63) is 25.3 Å². The minimum Gasteiger partial charge on any atom is -0.461 e. The molecule has 0 aromatic rings. The van der Waals surface area contributed by atoms with Crippen LogP contribution in [0, 0.1) is 11.8 Å². The van der Waals surface area contributed by atoms with Crippen LogP contribution >= 0.6 is 0 Å². The number of aliphatic hydroxyl groups excluding tert-OH is 1. The van der Waals surface area contributed by atoms with Gasteiger partial charge >= 0.3 is 5.97 Å². The molecule has 6 atom stereocenters. The molecular formula is C22H32N2O6. The van der Waals surface area contributed by atoms with Crippen molar-refractivity contribution in [3.8, 4) is 0 Å². The Balaban J connectivity index is 2.04. The smallest absolute Gasteiger partial charge is 0.312 e. The first kappa shape index (κ1) is 22.5. The van der Waals surface area contributed by atoms with Crippen molar-refractivity contribution in [1.82, 2.24) is 9.80 Å². The maximum Gasteiger partial charge on any atom is 0.312 e. The highest BCUT2D eigenvalue weighted by atomic mass is 16.6. The van der Waals surface area contributed by atoms with E-state index in [1.54, 1.807) is 17.9 Å². The third-order valence-electron chi connectivity index (χ3n) is 6.56. The zero-order chi connectivity index (χ0) is 22.2. The Morgan fingerprint density at radius 2 is 2.07 bits per heavy atom. The fourth-order valence-electron chi connectivity index (χ4n) is 5.29. The molecule has 1 N–H and O–H groups in total. The van der Waals surface area contributed by atoms with E-state index in [0.717, 1.165) is 0 Å². The van der Waals surface area contributed by atoms with Crippen molar-refractivity contribution in [2.45, 2.75) is 63.4 Å². The molecule has 0 saturated carbocycles. The Kier molecular flexibility index (Phi) is 6.38. The highest BCUT2D eigenvalue weighted by Gasteiger charge is 2.75. The number of fused-ring (bicyclic) bond motifs is 1. The second-order valence-corrected chi connectivity index (χ2v) is 8.62. The lowest BCUT2D eigenvalue weighted by molar-refractivity contribution is -0.155. The van der Waals surface area contributed by atoms with E-state index in [-0.39, 0.29) is 31.1 Å². The van der Waals surface area contributed by atoms with E-state index in [1.807, 2.05) is 13.8 Å². The van der Waals surface area contributed by atoms with Crippen LogP contribution in [0.4, 0.5) is 0 Å². The minimum absolute atomic E-state index is 0.0511. The summed E-state index contributed by atoms with van der Waals surface area (Å²) in [5, 5.41) is 9.81. The average molecular weight is 421 g/mol. The third-order valence-corrected chi connectivity index (χ3v) is 6.56. The quantitative estimate of drug-likeness (QED) is 0.440. The summed E-state index contributed by atoms with van der Waals surface area (Å²) in [5.74, 6) is -2.64. The van der Waals surface area contributed by atoms with Crippen LogP contribution in [0.5, 0.6) is 0 Å². The number of likely N-dealkylation sites (tertiary alicyclic amines) is 1. The Labute approximate surface area is 177 Å². The van der Waals surface area contributed by atoms with Crippen molar-refractivity contribution in [1.29, 1.82) is 0 Å². The molecule has 8 nitrogen and oxygen atoms in total. The lowest BCUT2D eigenvalue weighted by Crippen LogP contribution is -2.59. The Morgan fingerprint density at radius 1 is 1.37 bits per heavy atom. The van der Waals surface area contributed by atoms with Crippen LogP contribution in [0.3, 0.4) is 0 Å². The second-order valence-electron chi connectivity index (χ2n) is 8.62. The molecule has 2 amide bonds. The van der Waals surface area contributed by atoms with Gasteiger partial charge in [-0.1, -0.05) is 18.7 Å². The van der Waals surface area contributed by atoms with Crippen LogP contribution < -0.4 is 0 Å². The number of rotatable bonds is 9. The zero-order valence-corrected chi connectivity index (χ0v) is 18.0. The molecule has 8 heteroatoms. The molecule has 3 aliphatic heterocycles. The highest BCUT2D eigenvalue weighted by Crippen LogP contribution is 2.59. The Hall–Kier alpha value is -2.19. The van der Waals surface area contributed by atoms with Gasteiger partial charge in [0.1, 0.15) is 18.2 Å². The third kappa shape index (κ3) is 3.26. The molecule has 0 aromatic carbocycles. The maximum absolute atomic E-state index is 13.7. The van der Waals surface area contributed by atoms with Crippen molar-refractivity contribution in [2.75, 3.05) is 19.8 Å². The molecule has 1 spiro atoms. The summed E-state index contributed by atoms with van der Waals surface area (Å²) in [4.78, 5) is 43.1. The van der Waals surface area contributed by atoms with Crippen LogP contribution in [-0.2, 0) is 23.9 Å². The fraction of sp³-hybridized carbons (Fsp3) is 0.682. The van der Waals surface area contributed by atoms with Gasteiger partial charge in [-0.15, -0.1) is 6.58 Å². The Bertz CT molecular complexity index is 737. The molecule has 30 heavy (non-hydrogen) atoms. The number of carbonyl (C=O) groups excluding carboxylic acids is 3. The summed E-state index contributed by atoms with van der Waals surface area (Å²) < 4.78 is 11.5. The molecule has 3 fully saturated rings. The van der Waals surface area contributed by atoms with Gasteiger partial charge in [0, 0.05) is 12.6 Å². The number of ether oxygens (including phenoxy) is 2. The van der Waals surface area contributed by atoms with Gasteiger partial charge in [0.15, 0.2) is 0 Å². The number of aliphatic hydroxyl groups is 1. The molecule has 2 unspecified atom stereocenters. The summed E-state index contributed by atoms with van der Waals surface area (Å²) >= 11 is 0. The second kappa shape index (κ2) is 8.51. The Morgan fingerprint density at radius 3 is 2.63 bits per heavy atom. The number of amides is 2. The molecule has 0 radical (unpaired) electrons. The molecule has 3 saturated heterocycles. The van der Waals surface area contributed by atoms with Crippen LogP contribution in [0.2, 0.25) is 0 Å². The average Bonchev–Trinajstić information content (AvgIpc) is 3.36. The van der Waals surface area contributed by atoms with E-state index >= 15 is 0 Å². The lowest BCUT2D eigenvalue weighted by Gasteiger charge is -2.39. The number of carbonyl (C=O) groups is 3. The van der Waals surface area contributed by atoms with E-state index in [9.17, 15) is 19.5 Å². The van der Waals surface area contributed by atoms with Gasteiger partial charge in [-0.05, 0) is 33.6 Å². The van der Waals surface area contributed by atoms with Gasteiger partial charge in [-0.2, -0.15) is 0 Å². The summed E-state index contributed by atoms with van der Waals surface area (Å²) in [5.41, 5.74) is -1.09. The zero-order valence-electron chi connectivity index (χ0n) is 18.0. The van der Waals surface area contributed by atoms with Crippen LogP contribution in [-0.4, -0.2) is 82.3 Å². The van der Waals surface area contributed by atoms with E-state index in [0.29, 0.717) is 19.4 Å². The summed E-state index contributed by atoms with van der Waals surface area (Å²) in [6, 6.07) is -1.60. The molecule has 2 bridgehead atoms. The SMILES string of the molecule is C=CCOC(=O)[C@@H]1[C@@H]2CCC3(O2)C(C(=O)N(CC=C)C(C)C)N([C@H](C)CO)C(=O)[C@H]13. The molecular weight excluding hydrogens is 388 g/mol. The molecule has 3 heterocycles. The number of nitrogens with zero attached hydrogens (tertiary/aromatic N) is 2. The first-order valence-electron chi connectivity index (χ1n) is 10.5. The predicted octanol–water partition coefficient (Wildman–Crippen LogP) is 0.894. The molecule has 0 aliphatic carbocycles. The predicted molar refractivity (Wildman–Crippen MR) is 109 cm³/mol. The molecule has 3 rings (SSSR count). The van der Waals surface area contributed by atoms with Crippen LogP contribution in [0.15, 0.2) is 25.3 Å². The molecule has 0 aromatic heterocycles. The summed E-state index contributed by atoms with van der Waals surface area (Å²) in [6.07, 6.45) is 3.74. The lowest BCUT2D eigenvalue weighted by atomic mass is 9.70. The molecule has 166 valence electrons. The monoisotopic (exact) mass is 420 g/mol. The number of hydrogen-bond acceptors (Lipinski definition) is 6. The van der Waals surface area contributed by atoms with E-state index < -0.39 is 41.6 Å². The van der Waals surface area contributed by atoms with Gasteiger partial charge in [0.25, 0.3) is 0 Å². The maximum atomic E-state index is 13.7. The van der Waals surface area contributed by atoms with Gasteiger partial charge in [0.2, 0.25) is 11.8 Å². The molecule has 3 aliphatic rings.